The Morgan fingerprint density at radius 1 is 1.25 bits per heavy atom. The highest BCUT2D eigenvalue weighted by molar-refractivity contribution is 6.02. The van der Waals surface area contributed by atoms with Crippen molar-refractivity contribution >= 4 is 21.9 Å². The van der Waals surface area contributed by atoms with Crippen molar-refractivity contribution in [2.75, 3.05) is 19.8 Å². The number of nitrogens with one attached hydrogen (secondary N) is 1. The van der Waals surface area contributed by atoms with E-state index in [1.54, 1.807) is 12.3 Å². The van der Waals surface area contributed by atoms with Gasteiger partial charge in [-0.15, -0.1) is 0 Å². The number of hydrogen-bond donors (Lipinski definition) is 2. The van der Waals surface area contributed by atoms with Crippen LogP contribution in [-0.4, -0.2) is 57.8 Å². The number of imidazole rings is 1. The molecule has 3 atom stereocenters. The Balaban J connectivity index is 1.57. The van der Waals surface area contributed by atoms with Crippen LogP contribution in [0.15, 0.2) is 24.4 Å². The monoisotopic (exact) mass is 435 g/mol. The molecule has 3 aromatic rings. The molecule has 0 spiro atoms. The van der Waals surface area contributed by atoms with Crippen molar-refractivity contribution < 1.29 is 14.6 Å². The molecule has 1 aromatic carbocycles. The molecule has 32 heavy (non-hydrogen) atoms. The van der Waals surface area contributed by atoms with Crippen LogP contribution in [0.2, 0.25) is 0 Å². The van der Waals surface area contributed by atoms with E-state index in [0.717, 1.165) is 66.7 Å². The van der Waals surface area contributed by atoms with E-state index < -0.39 is 6.23 Å². The van der Waals surface area contributed by atoms with Crippen molar-refractivity contribution in [3.63, 3.8) is 0 Å². The van der Waals surface area contributed by atoms with Crippen LogP contribution < -0.4 is 5.32 Å². The van der Waals surface area contributed by atoms with Crippen molar-refractivity contribution in [2.24, 2.45) is 0 Å². The number of rotatable bonds is 5. The minimum absolute atomic E-state index is 0.159. The number of aliphatic hydroxyl groups excluding tert-OH is 1. The molecule has 2 aromatic heterocycles. The zero-order chi connectivity index (χ0) is 22.1. The lowest BCUT2D eigenvalue weighted by atomic mass is 10.0. The van der Waals surface area contributed by atoms with E-state index in [0.29, 0.717) is 18.6 Å². The van der Waals surface area contributed by atoms with Crippen LogP contribution in [0.25, 0.3) is 21.9 Å². The highest BCUT2D eigenvalue weighted by Gasteiger charge is 2.28. The highest BCUT2D eigenvalue weighted by Crippen LogP contribution is 2.34. The Kier molecular flexibility index (Phi) is 6.07. The fourth-order valence-electron chi connectivity index (χ4n) is 5.01. The van der Waals surface area contributed by atoms with Gasteiger partial charge in [0.1, 0.15) is 17.6 Å². The molecule has 0 radical (unpaired) electrons. The molecule has 2 N–H and O–H groups in total. The van der Waals surface area contributed by atoms with E-state index in [-0.39, 0.29) is 18.2 Å². The van der Waals surface area contributed by atoms with Crippen molar-refractivity contribution in [3.05, 3.63) is 35.8 Å². The molecule has 0 saturated carbocycles. The van der Waals surface area contributed by atoms with Crippen LogP contribution in [-0.2, 0) is 15.9 Å². The van der Waals surface area contributed by atoms with E-state index in [4.69, 9.17) is 14.5 Å². The maximum absolute atomic E-state index is 10.9. The Bertz CT molecular complexity index is 1150. The fourth-order valence-corrected chi connectivity index (χ4v) is 5.01. The third kappa shape index (κ3) is 4.21. The molecule has 2 aliphatic rings. The molecule has 168 valence electrons. The highest BCUT2D eigenvalue weighted by atomic mass is 16.5. The van der Waals surface area contributed by atoms with E-state index in [1.165, 1.54) is 0 Å². The second-order valence-corrected chi connectivity index (χ2v) is 8.87. The first-order chi connectivity index (χ1) is 15.6. The molecular formula is C24H29N5O3. The quantitative estimate of drug-likeness (QED) is 0.594. The van der Waals surface area contributed by atoms with E-state index >= 15 is 0 Å². The van der Waals surface area contributed by atoms with Crippen LogP contribution in [0.4, 0.5) is 0 Å². The first-order valence-electron chi connectivity index (χ1n) is 11.5. The van der Waals surface area contributed by atoms with Gasteiger partial charge in [-0.05, 0) is 50.8 Å². The summed E-state index contributed by atoms with van der Waals surface area (Å²) in [5.74, 6) is 0.836. The lowest BCUT2D eigenvalue weighted by Gasteiger charge is -2.31. The van der Waals surface area contributed by atoms with Crippen molar-refractivity contribution in [1.82, 2.24) is 19.9 Å². The van der Waals surface area contributed by atoms with Gasteiger partial charge in [0, 0.05) is 43.7 Å². The molecule has 8 heteroatoms. The molecule has 4 heterocycles. The molecule has 2 saturated heterocycles. The zero-order valence-corrected chi connectivity index (χ0v) is 18.3. The normalized spacial score (nSPS) is 23.4. The lowest BCUT2D eigenvalue weighted by Crippen LogP contribution is -2.43. The van der Waals surface area contributed by atoms with Gasteiger partial charge in [-0.25, -0.2) is 4.98 Å². The first-order valence-corrected chi connectivity index (χ1v) is 11.5. The summed E-state index contributed by atoms with van der Waals surface area (Å²) in [6, 6.07) is 8.28. The second-order valence-electron chi connectivity index (χ2n) is 8.87. The van der Waals surface area contributed by atoms with Gasteiger partial charge in [0.05, 0.1) is 35.0 Å². The summed E-state index contributed by atoms with van der Waals surface area (Å²) < 4.78 is 13.5. The zero-order valence-electron chi connectivity index (χ0n) is 18.3. The van der Waals surface area contributed by atoms with Crippen molar-refractivity contribution in [1.29, 1.82) is 5.26 Å². The average molecular weight is 436 g/mol. The number of benzene rings is 1. The Morgan fingerprint density at radius 2 is 2.09 bits per heavy atom. The summed E-state index contributed by atoms with van der Waals surface area (Å²) in [5, 5.41) is 24.6. The molecule has 2 aliphatic heterocycles. The molecular weight excluding hydrogens is 406 g/mol. The van der Waals surface area contributed by atoms with Crippen molar-refractivity contribution in [2.45, 2.75) is 63.4 Å². The molecule has 5 rings (SSSR count). The summed E-state index contributed by atoms with van der Waals surface area (Å²) in [6.07, 6.45) is 5.22. The number of nitriles is 1. The number of ether oxygens (including phenoxy) is 2. The molecule has 0 amide bonds. The summed E-state index contributed by atoms with van der Waals surface area (Å²) in [5.41, 5.74) is 3.22. The van der Waals surface area contributed by atoms with Crippen LogP contribution in [0, 0.1) is 11.3 Å². The minimum Gasteiger partial charge on any atom is -0.381 e. The second kappa shape index (κ2) is 9.12. The molecule has 0 aliphatic carbocycles. The Labute approximate surface area is 187 Å². The molecule has 2 unspecified atom stereocenters. The SMILES string of the molecule is C[C@@H]1CC(n2c(CC(O)NC3CCOCC3)nc3cnc4ccc(C#N)cc4c32)CCO1. The number of aromatic nitrogens is 3. The third-order valence-corrected chi connectivity index (χ3v) is 6.57. The van der Waals surface area contributed by atoms with Gasteiger partial charge in [0.2, 0.25) is 0 Å². The number of pyridine rings is 1. The standard InChI is InChI=1S/C24H29N5O3/c1-15-10-18(6-9-32-15)29-22(12-23(30)27-17-4-7-31-8-5-17)28-21-14-26-20-3-2-16(13-25)11-19(20)24(21)29/h2-3,11,14-15,17-18,23,27,30H,4-10,12H2,1H3/t15-,18?,23?/m1/s1. The lowest BCUT2D eigenvalue weighted by molar-refractivity contribution is 0.00567. The van der Waals surface area contributed by atoms with Gasteiger partial charge in [-0.1, -0.05) is 0 Å². The largest absolute Gasteiger partial charge is 0.381 e. The Hall–Kier alpha value is -2.57. The van der Waals surface area contributed by atoms with Gasteiger partial charge < -0.3 is 19.1 Å². The summed E-state index contributed by atoms with van der Waals surface area (Å²) in [7, 11) is 0. The van der Waals surface area contributed by atoms with Gasteiger partial charge in [0.15, 0.2) is 0 Å². The van der Waals surface area contributed by atoms with Crippen molar-refractivity contribution in [3.8, 4) is 6.07 Å². The maximum Gasteiger partial charge on any atom is 0.114 e. The summed E-state index contributed by atoms with van der Waals surface area (Å²) in [4.78, 5) is 9.47. The van der Waals surface area contributed by atoms with E-state index in [9.17, 15) is 10.4 Å². The average Bonchev–Trinajstić information content (AvgIpc) is 3.17. The first kappa shape index (κ1) is 21.3. The van der Waals surface area contributed by atoms with Crippen LogP contribution in [0.5, 0.6) is 0 Å². The van der Waals surface area contributed by atoms with E-state index in [1.807, 2.05) is 12.1 Å². The predicted molar refractivity (Wildman–Crippen MR) is 120 cm³/mol. The topological polar surface area (TPSA) is 105 Å². The number of hydrogen-bond acceptors (Lipinski definition) is 7. The Morgan fingerprint density at radius 3 is 2.88 bits per heavy atom. The van der Waals surface area contributed by atoms with Crippen LogP contribution in [0.1, 0.15) is 50.0 Å². The number of nitrogens with zero attached hydrogens (tertiary/aromatic N) is 4. The maximum atomic E-state index is 10.9. The summed E-state index contributed by atoms with van der Waals surface area (Å²) in [6.45, 7) is 4.24. The van der Waals surface area contributed by atoms with Crippen LogP contribution >= 0.6 is 0 Å². The fraction of sp³-hybridized carbons (Fsp3) is 0.542. The molecule has 2 fully saturated rings. The van der Waals surface area contributed by atoms with Gasteiger partial charge >= 0.3 is 0 Å². The number of aliphatic hydroxyl groups is 1. The van der Waals surface area contributed by atoms with Gasteiger partial charge in [0.25, 0.3) is 0 Å². The van der Waals surface area contributed by atoms with Crippen LogP contribution in [0.3, 0.4) is 0 Å². The van der Waals surface area contributed by atoms with Gasteiger partial charge in [-0.3, -0.25) is 10.3 Å². The molecule has 0 bridgehead atoms. The number of fused-ring (bicyclic) bond motifs is 3. The third-order valence-electron chi connectivity index (χ3n) is 6.57. The van der Waals surface area contributed by atoms with E-state index in [2.05, 4.69) is 27.9 Å². The van der Waals surface area contributed by atoms with Gasteiger partial charge in [-0.2, -0.15) is 5.26 Å². The minimum atomic E-state index is -0.695. The molecule has 8 nitrogen and oxygen atoms in total. The summed E-state index contributed by atoms with van der Waals surface area (Å²) >= 11 is 0. The smallest absolute Gasteiger partial charge is 0.114 e. The predicted octanol–water partition coefficient (Wildman–Crippen LogP) is 2.83.